The van der Waals surface area contributed by atoms with Gasteiger partial charge in [0.25, 0.3) is 5.91 Å². The summed E-state index contributed by atoms with van der Waals surface area (Å²) >= 11 is 0. The molecule has 2 aromatic rings. The van der Waals surface area contributed by atoms with Crippen LogP contribution in [0.2, 0.25) is 0 Å². The van der Waals surface area contributed by atoms with Crippen LogP contribution in [-0.2, 0) is 11.3 Å². The van der Waals surface area contributed by atoms with E-state index in [4.69, 9.17) is 0 Å². The van der Waals surface area contributed by atoms with E-state index in [1.165, 1.54) is 0 Å². The Morgan fingerprint density at radius 1 is 1.17 bits per heavy atom. The summed E-state index contributed by atoms with van der Waals surface area (Å²) in [5, 5.41) is 19.2. The molecule has 0 radical (unpaired) electrons. The van der Waals surface area contributed by atoms with Crippen molar-refractivity contribution in [3.05, 3.63) is 23.8 Å². The Hall–Kier alpha value is -2.17. The van der Waals surface area contributed by atoms with Crippen molar-refractivity contribution < 1.29 is 9.90 Å². The lowest BCUT2D eigenvalue weighted by atomic mass is 10.1. The highest BCUT2D eigenvalue weighted by Gasteiger charge is 2.16. The topological polar surface area (TPSA) is 66.9 Å². The molecule has 2 rings (SSSR count). The van der Waals surface area contributed by atoms with Gasteiger partial charge in [-0.05, 0) is 31.9 Å². The molecule has 5 nitrogen and oxygen atoms in total. The van der Waals surface area contributed by atoms with Crippen molar-refractivity contribution in [2.45, 2.75) is 65.8 Å². The van der Waals surface area contributed by atoms with Crippen LogP contribution in [-0.4, -0.2) is 15.6 Å². The first-order valence-corrected chi connectivity index (χ1v) is 8.84. The van der Waals surface area contributed by atoms with Crippen LogP contribution >= 0.6 is 0 Å². The number of unbranched alkanes of at least 4 members (excludes halogenated alkanes) is 3. The highest BCUT2D eigenvalue weighted by atomic mass is 16.3. The average molecular weight is 329 g/mol. The standard InChI is InChI=1S/C19H27N3O2/c1-4-6-7-8-9-17(23)20-21-18-15-13-14(3)10-11-16(15)22(12-5-2)19(18)24/h10-11,13,24H,4-9,12H2,1-3H3. The molecule has 1 amide bonds. The molecule has 1 heterocycles. The van der Waals surface area contributed by atoms with Crippen LogP contribution in [0.25, 0.3) is 10.9 Å². The lowest BCUT2D eigenvalue weighted by Gasteiger charge is -2.04. The maximum atomic E-state index is 11.9. The van der Waals surface area contributed by atoms with Gasteiger partial charge in [-0.15, -0.1) is 10.2 Å². The molecule has 0 fully saturated rings. The second-order valence-corrected chi connectivity index (χ2v) is 6.25. The van der Waals surface area contributed by atoms with Gasteiger partial charge >= 0.3 is 0 Å². The molecule has 0 atom stereocenters. The molecule has 0 bridgehead atoms. The average Bonchev–Trinajstić information content (AvgIpc) is 2.81. The highest BCUT2D eigenvalue weighted by Crippen LogP contribution is 2.39. The van der Waals surface area contributed by atoms with Crippen molar-refractivity contribution >= 4 is 22.5 Å². The molecule has 0 unspecified atom stereocenters. The fourth-order valence-electron chi connectivity index (χ4n) is 2.84. The van der Waals surface area contributed by atoms with Crippen molar-refractivity contribution in [3.8, 4) is 5.88 Å². The van der Waals surface area contributed by atoms with E-state index >= 15 is 0 Å². The number of rotatable bonds is 8. The monoisotopic (exact) mass is 329 g/mol. The molecule has 0 spiro atoms. The first-order chi connectivity index (χ1) is 11.6. The number of carbonyl (C=O) groups excluding carboxylic acids is 1. The van der Waals surface area contributed by atoms with E-state index < -0.39 is 0 Å². The zero-order valence-corrected chi connectivity index (χ0v) is 14.9. The normalized spacial score (nSPS) is 11.6. The summed E-state index contributed by atoms with van der Waals surface area (Å²) in [6.45, 7) is 6.89. The summed E-state index contributed by atoms with van der Waals surface area (Å²) in [6, 6.07) is 5.96. The largest absolute Gasteiger partial charge is 0.493 e. The SMILES string of the molecule is CCCCCCC(=O)N=Nc1c(O)n(CCC)c2ccc(C)cc12. The number of fused-ring (bicyclic) bond motifs is 1. The number of aryl methyl sites for hydroxylation is 2. The lowest BCUT2D eigenvalue weighted by molar-refractivity contribution is -0.118. The highest BCUT2D eigenvalue weighted by molar-refractivity contribution is 5.95. The second-order valence-electron chi connectivity index (χ2n) is 6.25. The minimum Gasteiger partial charge on any atom is -0.493 e. The second kappa shape index (κ2) is 8.62. The summed E-state index contributed by atoms with van der Waals surface area (Å²) < 4.78 is 1.83. The Balaban J connectivity index is 2.24. The van der Waals surface area contributed by atoms with Gasteiger partial charge in [0.1, 0.15) is 0 Å². The number of nitrogens with zero attached hydrogens (tertiary/aromatic N) is 3. The molecule has 5 heteroatoms. The Morgan fingerprint density at radius 2 is 1.96 bits per heavy atom. The number of hydrogen-bond donors (Lipinski definition) is 1. The van der Waals surface area contributed by atoms with Gasteiger partial charge in [0.15, 0.2) is 5.69 Å². The van der Waals surface area contributed by atoms with E-state index in [0.29, 0.717) is 18.7 Å². The maximum absolute atomic E-state index is 11.9. The molecule has 1 aromatic heterocycles. The third kappa shape index (κ3) is 4.22. The van der Waals surface area contributed by atoms with Crippen LogP contribution in [0, 0.1) is 6.92 Å². The number of aromatic hydroxyl groups is 1. The van der Waals surface area contributed by atoms with Crippen molar-refractivity contribution in [1.82, 2.24) is 4.57 Å². The summed E-state index contributed by atoms with van der Waals surface area (Å²) in [5.41, 5.74) is 2.40. The number of hydrogen-bond acceptors (Lipinski definition) is 3. The fourth-order valence-corrected chi connectivity index (χ4v) is 2.84. The molecular formula is C19H27N3O2. The minimum atomic E-state index is -0.227. The molecule has 1 aromatic carbocycles. The third-order valence-electron chi connectivity index (χ3n) is 4.12. The van der Waals surface area contributed by atoms with E-state index in [0.717, 1.165) is 48.6 Å². The number of aromatic nitrogens is 1. The van der Waals surface area contributed by atoms with Crippen LogP contribution in [0.1, 0.15) is 57.9 Å². The van der Waals surface area contributed by atoms with Gasteiger partial charge in [0.05, 0.1) is 5.52 Å². The molecule has 24 heavy (non-hydrogen) atoms. The Kier molecular flexibility index (Phi) is 6.53. The summed E-state index contributed by atoms with van der Waals surface area (Å²) in [5.74, 6) is -0.144. The van der Waals surface area contributed by atoms with Gasteiger partial charge in [0, 0.05) is 18.4 Å². The molecule has 0 saturated heterocycles. The van der Waals surface area contributed by atoms with Gasteiger partial charge in [-0.2, -0.15) is 0 Å². The number of carbonyl (C=O) groups is 1. The maximum Gasteiger partial charge on any atom is 0.264 e. The number of benzene rings is 1. The number of amides is 1. The van der Waals surface area contributed by atoms with E-state index in [9.17, 15) is 9.90 Å². The lowest BCUT2D eigenvalue weighted by Crippen LogP contribution is -1.95. The summed E-state index contributed by atoms with van der Waals surface area (Å²) in [6.07, 6.45) is 5.47. The van der Waals surface area contributed by atoms with Gasteiger partial charge in [-0.3, -0.25) is 4.79 Å². The summed E-state index contributed by atoms with van der Waals surface area (Å²) in [7, 11) is 0. The molecule has 0 aliphatic rings. The van der Waals surface area contributed by atoms with Crippen molar-refractivity contribution in [1.29, 1.82) is 0 Å². The predicted molar refractivity (Wildman–Crippen MR) is 96.9 cm³/mol. The summed E-state index contributed by atoms with van der Waals surface area (Å²) in [4.78, 5) is 11.9. The van der Waals surface area contributed by atoms with E-state index in [2.05, 4.69) is 24.1 Å². The van der Waals surface area contributed by atoms with E-state index in [1.54, 1.807) is 0 Å². The smallest absolute Gasteiger partial charge is 0.264 e. The van der Waals surface area contributed by atoms with Crippen molar-refractivity contribution in [3.63, 3.8) is 0 Å². The fraction of sp³-hybridized carbons (Fsp3) is 0.526. The molecule has 0 saturated carbocycles. The Labute approximate surface area is 143 Å². The molecule has 0 aliphatic heterocycles. The van der Waals surface area contributed by atoms with Crippen molar-refractivity contribution in [2.24, 2.45) is 10.2 Å². The van der Waals surface area contributed by atoms with Crippen LogP contribution < -0.4 is 0 Å². The molecule has 1 N–H and O–H groups in total. The van der Waals surface area contributed by atoms with E-state index in [1.807, 2.05) is 29.7 Å². The molecule has 130 valence electrons. The van der Waals surface area contributed by atoms with E-state index in [-0.39, 0.29) is 11.8 Å². The van der Waals surface area contributed by atoms with Crippen LogP contribution in [0.3, 0.4) is 0 Å². The van der Waals surface area contributed by atoms with Crippen LogP contribution in [0.5, 0.6) is 5.88 Å². The van der Waals surface area contributed by atoms with Gasteiger partial charge in [-0.1, -0.05) is 44.7 Å². The molecule has 0 aliphatic carbocycles. The third-order valence-corrected chi connectivity index (χ3v) is 4.12. The zero-order valence-electron chi connectivity index (χ0n) is 14.9. The Morgan fingerprint density at radius 3 is 2.67 bits per heavy atom. The first kappa shape index (κ1) is 18.2. The van der Waals surface area contributed by atoms with Gasteiger partial charge in [-0.25, -0.2) is 0 Å². The first-order valence-electron chi connectivity index (χ1n) is 8.84. The zero-order chi connectivity index (χ0) is 17.5. The number of azo groups is 1. The van der Waals surface area contributed by atoms with Gasteiger partial charge < -0.3 is 9.67 Å². The quantitative estimate of drug-likeness (QED) is 0.502. The van der Waals surface area contributed by atoms with Crippen LogP contribution in [0.4, 0.5) is 5.69 Å². The van der Waals surface area contributed by atoms with Gasteiger partial charge in [0.2, 0.25) is 5.88 Å². The van der Waals surface area contributed by atoms with Crippen molar-refractivity contribution in [2.75, 3.05) is 0 Å². The predicted octanol–water partition coefficient (Wildman–Crippen LogP) is 5.65. The molecular weight excluding hydrogens is 302 g/mol. The van der Waals surface area contributed by atoms with Crippen LogP contribution in [0.15, 0.2) is 28.4 Å². The minimum absolute atomic E-state index is 0.0833. The Bertz CT molecular complexity index is 732.